The van der Waals surface area contributed by atoms with Crippen LogP contribution in [0.25, 0.3) is 0 Å². The van der Waals surface area contributed by atoms with Gasteiger partial charge in [0.1, 0.15) is 17.7 Å². The largest absolute Gasteiger partial charge is 0.466 e. The standard InChI is InChI=1S/C26H41N3O7/c1-8-18-10-12-19(13-11-18)22(23(32)27-15-14-21(31)35-9-2)29(17(3)4)24(33)20(16-30)28-25(34)36-26(5,6)7/h10-13,17,20,22,30H,8-9,14-16H2,1-7H3,(H,27,32)(H,28,34). The molecule has 0 aromatic heterocycles. The van der Waals surface area contributed by atoms with Crippen LogP contribution in [0.5, 0.6) is 0 Å². The Labute approximate surface area is 213 Å². The molecule has 0 saturated carbocycles. The van der Waals surface area contributed by atoms with Crippen LogP contribution in [0, 0.1) is 0 Å². The number of rotatable bonds is 12. The van der Waals surface area contributed by atoms with Gasteiger partial charge < -0.3 is 30.1 Å². The maximum absolute atomic E-state index is 13.6. The molecule has 2 unspecified atom stereocenters. The number of aryl methyl sites for hydroxylation is 1. The van der Waals surface area contributed by atoms with E-state index < -0.39 is 54.2 Å². The Morgan fingerprint density at radius 1 is 1.06 bits per heavy atom. The molecule has 0 fully saturated rings. The zero-order valence-corrected chi connectivity index (χ0v) is 22.4. The van der Waals surface area contributed by atoms with Crippen LogP contribution < -0.4 is 10.6 Å². The highest BCUT2D eigenvalue weighted by Gasteiger charge is 2.37. The maximum atomic E-state index is 13.6. The van der Waals surface area contributed by atoms with Gasteiger partial charge in [-0.15, -0.1) is 0 Å². The SMILES string of the molecule is CCOC(=O)CCNC(=O)C(c1ccc(CC)cc1)N(C(=O)C(CO)NC(=O)OC(C)(C)C)C(C)C. The number of amides is 3. The number of nitrogens with zero attached hydrogens (tertiary/aromatic N) is 1. The van der Waals surface area contributed by atoms with Gasteiger partial charge in [-0.05, 0) is 59.1 Å². The molecule has 0 aliphatic carbocycles. The minimum Gasteiger partial charge on any atom is -0.466 e. The summed E-state index contributed by atoms with van der Waals surface area (Å²) in [4.78, 5) is 52.2. The average Bonchev–Trinajstić information content (AvgIpc) is 2.79. The molecule has 0 heterocycles. The van der Waals surface area contributed by atoms with Gasteiger partial charge in [-0.3, -0.25) is 14.4 Å². The third-order valence-corrected chi connectivity index (χ3v) is 5.15. The molecule has 0 radical (unpaired) electrons. The Balaban J connectivity index is 3.28. The van der Waals surface area contributed by atoms with Gasteiger partial charge in [0.2, 0.25) is 11.8 Å². The van der Waals surface area contributed by atoms with E-state index in [-0.39, 0.29) is 19.6 Å². The van der Waals surface area contributed by atoms with Crippen molar-refractivity contribution in [3.63, 3.8) is 0 Å². The van der Waals surface area contributed by atoms with E-state index in [1.54, 1.807) is 53.7 Å². The lowest BCUT2D eigenvalue weighted by molar-refractivity contribution is -0.146. The van der Waals surface area contributed by atoms with E-state index >= 15 is 0 Å². The summed E-state index contributed by atoms with van der Waals surface area (Å²) >= 11 is 0. The van der Waals surface area contributed by atoms with Crippen LogP contribution in [0.4, 0.5) is 4.79 Å². The van der Waals surface area contributed by atoms with E-state index in [0.29, 0.717) is 5.56 Å². The predicted octanol–water partition coefficient (Wildman–Crippen LogP) is 2.48. The molecular weight excluding hydrogens is 466 g/mol. The molecule has 0 aliphatic heterocycles. The van der Waals surface area contributed by atoms with Crippen molar-refractivity contribution in [2.75, 3.05) is 19.8 Å². The van der Waals surface area contributed by atoms with E-state index in [0.717, 1.165) is 12.0 Å². The lowest BCUT2D eigenvalue weighted by Crippen LogP contribution is -2.56. The summed E-state index contributed by atoms with van der Waals surface area (Å²) in [6.07, 6.45) is -0.0761. The van der Waals surface area contributed by atoms with Crippen molar-refractivity contribution >= 4 is 23.9 Å². The Morgan fingerprint density at radius 3 is 2.14 bits per heavy atom. The van der Waals surface area contributed by atoms with Gasteiger partial charge in [0, 0.05) is 12.6 Å². The summed E-state index contributed by atoms with van der Waals surface area (Å²) in [5.41, 5.74) is 0.812. The Bertz CT molecular complexity index is 879. The molecule has 36 heavy (non-hydrogen) atoms. The molecule has 2 atom stereocenters. The topological polar surface area (TPSA) is 134 Å². The monoisotopic (exact) mass is 507 g/mol. The molecule has 1 aromatic rings. The van der Waals surface area contributed by atoms with Crippen molar-refractivity contribution < 1.29 is 33.8 Å². The first kappa shape index (κ1) is 30.9. The molecule has 1 aromatic carbocycles. The summed E-state index contributed by atoms with van der Waals surface area (Å²) in [7, 11) is 0. The van der Waals surface area contributed by atoms with Crippen LogP contribution in [0.15, 0.2) is 24.3 Å². The molecule has 202 valence electrons. The third kappa shape index (κ3) is 9.85. The summed E-state index contributed by atoms with van der Waals surface area (Å²) < 4.78 is 10.1. The van der Waals surface area contributed by atoms with E-state index in [1.807, 2.05) is 19.1 Å². The van der Waals surface area contributed by atoms with Gasteiger partial charge in [-0.2, -0.15) is 0 Å². The van der Waals surface area contributed by atoms with Gasteiger partial charge in [-0.1, -0.05) is 31.2 Å². The first-order valence-corrected chi connectivity index (χ1v) is 12.3. The lowest BCUT2D eigenvalue weighted by atomic mass is 9.99. The lowest BCUT2D eigenvalue weighted by Gasteiger charge is -2.37. The van der Waals surface area contributed by atoms with E-state index in [1.165, 1.54) is 4.90 Å². The van der Waals surface area contributed by atoms with Crippen molar-refractivity contribution in [3.05, 3.63) is 35.4 Å². The first-order chi connectivity index (χ1) is 16.8. The number of aliphatic hydroxyl groups excluding tert-OH is 1. The van der Waals surface area contributed by atoms with Crippen molar-refractivity contribution in [1.82, 2.24) is 15.5 Å². The Kier molecular flexibility index (Phi) is 12.4. The number of aliphatic hydroxyl groups is 1. The van der Waals surface area contributed by atoms with Crippen LogP contribution in [-0.4, -0.2) is 71.3 Å². The highest BCUT2D eigenvalue weighted by molar-refractivity contribution is 5.92. The number of carbonyl (C=O) groups excluding carboxylic acids is 4. The highest BCUT2D eigenvalue weighted by Crippen LogP contribution is 2.25. The van der Waals surface area contributed by atoms with Gasteiger partial charge in [0.15, 0.2) is 0 Å². The van der Waals surface area contributed by atoms with E-state index in [2.05, 4.69) is 10.6 Å². The highest BCUT2D eigenvalue weighted by atomic mass is 16.6. The Morgan fingerprint density at radius 2 is 1.67 bits per heavy atom. The van der Waals surface area contributed by atoms with Gasteiger partial charge in [0.25, 0.3) is 0 Å². The smallest absolute Gasteiger partial charge is 0.408 e. The normalized spacial score (nSPS) is 12.9. The summed E-state index contributed by atoms with van der Waals surface area (Å²) in [5, 5.41) is 15.0. The van der Waals surface area contributed by atoms with Crippen LogP contribution in [-0.2, 0) is 30.3 Å². The predicted molar refractivity (Wildman–Crippen MR) is 135 cm³/mol. The molecule has 3 amide bonds. The molecule has 3 N–H and O–H groups in total. The van der Waals surface area contributed by atoms with Crippen LogP contribution in [0.2, 0.25) is 0 Å². The third-order valence-electron chi connectivity index (χ3n) is 5.15. The number of ether oxygens (including phenoxy) is 2. The number of nitrogens with one attached hydrogen (secondary N) is 2. The van der Waals surface area contributed by atoms with Gasteiger partial charge in [-0.25, -0.2) is 4.79 Å². The molecule has 10 heteroatoms. The number of carbonyl (C=O) groups is 4. The first-order valence-electron chi connectivity index (χ1n) is 12.3. The molecule has 0 aliphatic rings. The van der Waals surface area contributed by atoms with Crippen LogP contribution in [0.3, 0.4) is 0 Å². The minimum atomic E-state index is -1.33. The van der Waals surface area contributed by atoms with Crippen LogP contribution >= 0.6 is 0 Å². The number of alkyl carbamates (subject to hydrolysis) is 1. The average molecular weight is 508 g/mol. The van der Waals surface area contributed by atoms with Crippen LogP contribution in [0.1, 0.15) is 72.1 Å². The summed E-state index contributed by atoms with van der Waals surface area (Å²) in [5.74, 6) is -1.59. The number of esters is 1. The zero-order valence-electron chi connectivity index (χ0n) is 22.4. The van der Waals surface area contributed by atoms with Crippen molar-refractivity contribution in [1.29, 1.82) is 0 Å². The molecule has 10 nitrogen and oxygen atoms in total. The van der Waals surface area contributed by atoms with Crippen molar-refractivity contribution in [3.8, 4) is 0 Å². The zero-order chi connectivity index (χ0) is 27.5. The molecular formula is C26H41N3O7. The number of benzene rings is 1. The van der Waals surface area contributed by atoms with E-state index in [4.69, 9.17) is 9.47 Å². The molecule has 1 rings (SSSR count). The fraction of sp³-hybridized carbons (Fsp3) is 0.615. The van der Waals surface area contributed by atoms with Crippen molar-refractivity contribution in [2.24, 2.45) is 0 Å². The second-order valence-corrected chi connectivity index (χ2v) is 9.56. The molecule has 0 bridgehead atoms. The fourth-order valence-corrected chi connectivity index (χ4v) is 3.49. The molecule has 0 spiro atoms. The Hall–Kier alpha value is -3.14. The maximum Gasteiger partial charge on any atom is 0.408 e. The van der Waals surface area contributed by atoms with E-state index in [9.17, 15) is 24.3 Å². The van der Waals surface area contributed by atoms with Gasteiger partial charge in [0.05, 0.1) is 19.6 Å². The summed E-state index contributed by atoms with van der Waals surface area (Å²) in [6, 6.07) is 4.42. The fourth-order valence-electron chi connectivity index (χ4n) is 3.49. The quantitative estimate of drug-likeness (QED) is 0.370. The minimum absolute atomic E-state index is 0.0177. The second kappa shape index (κ2) is 14.4. The number of hydrogen-bond donors (Lipinski definition) is 3. The molecule has 0 saturated heterocycles. The summed E-state index contributed by atoms with van der Waals surface area (Å²) in [6.45, 7) is 11.8. The number of hydrogen-bond acceptors (Lipinski definition) is 7. The van der Waals surface area contributed by atoms with Gasteiger partial charge >= 0.3 is 12.1 Å². The second-order valence-electron chi connectivity index (χ2n) is 9.56. The van der Waals surface area contributed by atoms with Crippen molar-refractivity contribution in [2.45, 2.75) is 85.0 Å².